The van der Waals surface area contributed by atoms with Gasteiger partial charge in [-0.3, -0.25) is 4.57 Å². The summed E-state index contributed by atoms with van der Waals surface area (Å²) in [5.74, 6) is 0. The maximum Gasteiger partial charge on any atom is 0.207 e. The number of hydrogen-bond acceptors (Lipinski definition) is 1. The molecule has 0 bridgehead atoms. The van der Waals surface area contributed by atoms with Crippen LogP contribution in [0.4, 0.5) is 0 Å². The zero-order valence-corrected chi connectivity index (χ0v) is 18.0. The third kappa shape index (κ3) is 4.16. The van der Waals surface area contributed by atoms with Gasteiger partial charge in [0.25, 0.3) is 0 Å². The van der Waals surface area contributed by atoms with Gasteiger partial charge in [0.1, 0.15) is 0 Å². The third-order valence-electron chi connectivity index (χ3n) is 5.56. The van der Waals surface area contributed by atoms with E-state index in [9.17, 15) is 4.57 Å². The van der Waals surface area contributed by atoms with Gasteiger partial charge in [-0.2, -0.15) is 0 Å². The Labute approximate surface area is 179 Å². The Kier molecular flexibility index (Phi) is 6.28. The quantitative estimate of drug-likeness (QED) is 0.357. The van der Waals surface area contributed by atoms with Gasteiger partial charge < -0.3 is 0 Å². The van der Waals surface area contributed by atoms with Gasteiger partial charge in [-0.1, -0.05) is 97.1 Å². The molecule has 2 nitrogen and oxygen atoms in total. The Morgan fingerprint density at radius 3 is 1.50 bits per heavy atom. The van der Waals surface area contributed by atoms with Crippen molar-refractivity contribution in [1.82, 2.24) is 4.67 Å². The first kappa shape index (κ1) is 20.3. The molecule has 4 rings (SSSR count). The molecule has 0 radical (unpaired) electrons. The first-order valence-electron chi connectivity index (χ1n) is 10.2. The van der Waals surface area contributed by atoms with Crippen LogP contribution in [0, 0.1) is 0 Å². The van der Waals surface area contributed by atoms with Crippen molar-refractivity contribution in [3.05, 3.63) is 132 Å². The van der Waals surface area contributed by atoms with Crippen molar-refractivity contribution >= 4 is 17.9 Å². The van der Waals surface area contributed by atoms with Crippen LogP contribution in [0.1, 0.15) is 17.2 Å². The second kappa shape index (κ2) is 9.26. The minimum Gasteiger partial charge on any atom is -0.296 e. The van der Waals surface area contributed by atoms with E-state index in [-0.39, 0.29) is 6.04 Å². The fraction of sp³-hybridized carbons (Fsp3) is 0.111. The van der Waals surface area contributed by atoms with Crippen molar-refractivity contribution in [1.29, 1.82) is 0 Å². The molecule has 4 aromatic rings. The van der Waals surface area contributed by atoms with E-state index in [0.717, 1.165) is 22.6 Å². The largest absolute Gasteiger partial charge is 0.296 e. The maximum absolute atomic E-state index is 14.8. The highest BCUT2D eigenvalue weighted by Crippen LogP contribution is 2.51. The zero-order chi connectivity index (χ0) is 20.8. The molecule has 3 heteroatoms. The Morgan fingerprint density at radius 1 is 0.633 bits per heavy atom. The maximum atomic E-state index is 14.8. The molecule has 0 fully saturated rings. The van der Waals surface area contributed by atoms with Gasteiger partial charge in [-0.25, -0.2) is 4.67 Å². The molecule has 0 saturated carbocycles. The fourth-order valence-corrected chi connectivity index (χ4v) is 6.73. The van der Waals surface area contributed by atoms with Crippen LogP contribution in [0.25, 0.3) is 0 Å². The summed E-state index contributed by atoms with van der Waals surface area (Å²) in [7, 11) is -1.04. The van der Waals surface area contributed by atoms with Gasteiger partial charge in [-0.05, 0) is 48.9 Å². The SMILES string of the molecule is CN([C@H](Cc1ccccc1)c1ccccc1)P(=O)(c1ccccc1)c1ccccc1. The second-order valence-corrected chi connectivity index (χ2v) is 10.3. The van der Waals surface area contributed by atoms with Gasteiger partial charge in [0.05, 0.1) is 0 Å². The van der Waals surface area contributed by atoms with Crippen molar-refractivity contribution < 1.29 is 4.57 Å². The highest BCUT2D eigenvalue weighted by Gasteiger charge is 2.36. The molecule has 0 aliphatic heterocycles. The molecule has 1 atom stereocenters. The molecular formula is C27H26NOP. The predicted octanol–water partition coefficient (Wildman–Crippen LogP) is 5.83. The summed E-state index contributed by atoms with van der Waals surface area (Å²) in [5.41, 5.74) is 2.39. The fourth-order valence-electron chi connectivity index (χ4n) is 3.95. The van der Waals surface area contributed by atoms with Crippen molar-refractivity contribution in [3.8, 4) is 0 Å². The third-order valence-corrected chi connectivity index (χ3v) is 8.73. The average molecular weight is 411 g/mol. The van der Waals surface area contributed by atoms with Crippen molar-refractivity contribution in [2.24, 2.45) is 0 Å². The van der Waals surface area contributed by atoms with Crippen LogP contribution in [-0.4, -0.2) is 11.7 Å². The highest BCUT2D eigenvalue weighted by molar-refractivity contribution is 7.76. The second-order valence-electron chi connectivity index (χ2n) is 7.44. The van der Waals surface area contributed by atoms with E-state index < -0.39 is 7.29 Å². The van der Waals surface area contributed by atoms with Crippen LogP contribution in [0.3, 0.4) is 0 Å². The van der Waals surface area contributed by atoms with Crippen LogP contribution in [0.15, 0.2) is 121 Å². The van der Waals surface area contributed by atoms with Crippen LogP contribution in [-0.2, 0) is 11.0 Å². The van der Waals surface area contributed by atoms with Crippen molar-refractivity contribution in [3.63, 3.8) is 0 Å². The molecule has 0 saturated heterocycles. The van der Waals surface area contributed by atoms with E-state index in [1.165, 1.54) is 5.56 Å². The van der Waals surface area contributed by atoms with E-state index in [2.05, 4.69) is 53.2 Å². The molecule has 0 unspecified atom stereocenters. The Hall–Kier alpha value is -2.93. The lowest BCUT2D eigenvalue weighted by Crippen LogP contribution is -2.33. The van der Waals surface area contributed by atoms with Crippen LogP contribution in [0.5, 0.6) is 0 Å². The summed E-state index contributed by atoms with van der Waals surface area (Å²) >= 11 is 0. The normalized spacial score (nSPS) is 12.6. The summed E-state index contributed by atoms with van der Waals surface area (Å²) in [6, 6.07) is 40.5. The monoisotopic (exact) mass is 411 g/mol. The predicted molar refractivity (Wildman–Crippen MR) is 127 cm³/mol. The molecule has 0 aromatic heterocycles. The van der Waals surface area contributed by atoms with Crippen molar-refractivity contribution in [2.75, 3.05) is 7.05 Å². The van der Waals surface area contributed by atoms with E-state index in [1.807, 2.05) is 79.8 Å². The number of nitrogens with zero attached hydrogens (tertiary/aromatic N) is 1. The standard InChI is InChI=1S/C27H26NOP/c1-28(27(24-16-8-3-9-17-24)22-23-14-6-2-7-15-23)30(29,25-18-10-4-11-19-25)26-20-12-5-13-21-26/h2-21,27H,22H2,1H3/t27-/m1/s1. The van der Waals surface area contributed by atoms with E-state index in [4.69, 9.17) is 0 Å². The Bertz CT molecular complexity index is 1060. The number of benzene rings is 4. The lowest BCUT2D eigenvalue weighted by Gasteiger charge is -2.36. The Morgan fingerprint density at radius 2 is 1.03 bits per heavy atom. The first-order chi connectivity index (χ1) is 14.7. The zero-order valence-electron chi connectivity index (χ0n) is 17.1. The van der Waals surface area contributed by atoms with Gasteiger partial charge >= 0.3 is 0 Å². The Balaban J connectivity index is 1.84. The van der Waals surface area contributed by atoms with E-state index in [0.29, 0.717) is 0 Å². The van der Waals surface area contributed by atoms with Gasteiger partial charge in [-0.15, -0.1) is 0 Å². The van der Waals surface area contributed by atoms with Crippen molar-refractivity contribution in [2.45, 2.75) is 12.5 Å². The molecule has 0 aliphatic rings. The van der Waals surface area contributed by atoms with E-state index >= 15 is 0 Å². The van der Waals surface area contributed by atoms with Gasteiger partial charge in [0.15, 0.2) is 0 Å². The molecular weight excluding hydrogens is 385 g/mol. The average Bonchev–Trinajstić information content (AvgIpc) is 2.84. The lowest BCUT2D eigenvalue weighted by molar-refractivity contribution is 0.381. The van der Waals surface area contributed by atoms with Crippen LogP contribution in [0.2, 0.25) is 0 Å². The smallest absolute Gasteiger partial charge is 0.207 e. The molecule has 30 heavy (non-hydrogen) atoms. The van der Waals surface area contributed by atoms with Crippen LogP contribution < -0.4 is 10.6 Å². The van der Waals surface area contributed by atoms with Gasteiger partial charge in [0.2, 0.25) is 7.29 Å². The van der Waals surface area contributed by atoms with Crippen LogP contribution >= 0.6 is 7.29 Å². The summed E-state index contributed by atoms with van der Waals surface area (Å²) in [4.78, 5) is 0. The van der Waals surface area contributed by atoms with E-state index in [1.54, 1.807) is 0 Å². The molecule has 0 spiro atoms. The number of rotatable bonds is 7. The molecule has 0 aliphatic carbocycles. The molecule has 0 heterocycles. The summed E-state index contributed by atoms with van der Waals surface area (Å²) < 4.78 is 16.9. The topological polar surface area (TPSA) is 20.3 Å². The molecule has 0 N–H and O–H groups in total. The first-order valence-corrected chi connectivity index (χ1v) is 11.9. The lowest BCUT2D eigenvalue weighted by atomic mass is 9.99. The number of likely N-dealkylation sites (N-methyl/N-ethyl adjacent to an activating group) is 1. The number of hydrogen-bond donors (Lipinski definition) is 0. The molecule has 4 aromatic carbocycles. The minimum absolute atomic E-state index is 0.0279. The summed E-state index contributed by atoms with van der Waals surface area (Å²) in [6.07, 6.45) is 0.783. The van der Waals surface area contributed by atoms with Gasteiger partial charge in [0, 0.05) is 16.7 Å². The highest BCUT2D eigenvalue weighted by atomic mass is 31.2. The summed E-state index contributed by atoms with van der Waals surface area (Å²) in [6.45, 7) is 0. The minimum atomic E-state index is -3.04. The summed E-state index contributed by atoms with van der Waals surface area (Å²) in [5, 5.41) is 1.71. The molecule has 0 amide bonds. The molecule has 150 valence electrons.